The molecule has 5 heteroatoms. The molecule has 0 aromatic heterocycles. The Hall–Kier alpha value is -2.78. The van der Waals surface area contributed by atoms with Crippen molar-refractivity contribution in [3.63, 3.8) is 0 Å². The highest BCUT2D eigenvalue weighted by Crippen LogP contribution is 2.38. The van der Waals surface area contributed by atoms with Crippen LogP contribution in [0.3, 0.4) is 0 Å². The van der Waals surface area contributed by atoms with Gasteiger partial charge in [0.15, 0.2) is 0 Å². The monoisotopic (exact) mass is 479 g/mol. The molecule has 1 heterocycles. The van der Waals surface area contributed by atoms with Crippen LogP contribution in [-0.4, -0.2) is 32.9 Å². The number of morpholine rings is 1. The van der Waals surface area contributed by atoms with E-state index in [9.17, 15) is 4.39 Å². The Morgan fingerprint density at radius 3 is 2.46 bits per heavy atom. The second kappa shape index (κ2) is 13.3. The lowest BCUT2D eigenvalue weighted by atomic mass is 9.86. The minimum Gasteiger partial charge on any atom is -0.380 e. The number of methoxy groups -OCH3 is 1. The van der Waals surface area contributed by atoms with Crippen molar-refractivity contribution < 1.29 is 18.3 Å². The SMILES string of the molecule is CC.CC#CC1=C(F)C=C(c2cc(CC3CNCCO3)ccc2-c2ccc(COC)cc2F)CC1. The van der Waals surface area contributed by atoms with Crippen LogP contribution in [0.4, 0.5) is 8.78 Å². The van der Waals surface area contributed by atoms with Crippen molar-refractivity contribution >= 4 is 5.57 Å². The summed E-state index contributed by atoms with van der Waals surface area (Å²) in [5, 5.41) is 3.35. The van der Waals surface area contributed by atoms with Crippen LogP contribution >= 0.6 is 0 Å². The molecule has 4 rings (SSSR count). The third-order valence-corrected chi connectivity index (χ3v) is 6.04. The first kappa shape index (κ1) is 26.8. The second-order valence-corrected chi connectivity index (χ2v) is 8.40. The van der Waals surface area contributed by atoms with Gasteiger partial charge in [0.05, 0.1) is 19.3 Å². The van der Waals surface area contributed by atoms with Crippen LogP contribution < -0.4 is 5.32 Å². The Bertz CT molecular complexity index is 1130. The van der Waals surface area contributed by atoms with E-state index in [1.165, 1.54) is 6.07 Å². The molecule has 2 aliphatic rings. The van der Waals surface area contributed by atoms with E-state index >= 15 is 4.39 Å². The molecule has 0 spiro atoms. The molecule has 3 nitrogen and oxygen atoms in total. The Morgan fingerprint density at radius 1 is 1.03 bits per heavy atom. The largest absolute Gasteiger partial charge is 0.380 e. The standard InChI is InChI=1S/C28H29F2NO2.C2H6/c1-3-4-21-7-8-22(16-27(21)29)26-14-19(13-23-17-31-11-12-33-23)5-9-24(26)25-10-6-20(18-32-2)15-28(25)30;1-2/h5-6,9-10,14-16,23,31H,7-8,11-13,17-18H2,1-2H3;1-2H3. The molecule has 1 N–H and O–H groups in total. The van der Waals surface area contributed by atoms with Crippen LogP contribution in [0.5, 0.6) is 0 Å². The van der Waals surface area contributed by atoms with Crippen molar-refractivity contribution in [3.8, 4) is 23.0 Å². The molecule has 186 valence electrons. The van der Waals surface area contributed by atoms with Gasteiger partial charge in [-0.05, 0) is 66.2 Å². The van der Waals surface area contributed by atoms with Crippen LogP contribution in [-0.2, 0) is 22.5 Å². The van der Waals surface area contributed by atoms with Crippen molar-refractivity contribution in [2.45, 2.75) is 52.7 Å². The smallest absolute Gasteiger partial charge is 0.135 e. The van der Waals surface area contributed by atoms with E-state index in [2.05, 4.69) is 23.2 Å². The van der Waals surface area contributed by atoms with Gasteiger partial charge in [0.25, 0.3) is 0 Å². The van der Waals surface area contributed by atoms with E-state index in [1.54, 1.807) is 26.2 Å². The number of hydrogen-bond acceptors (Lipinski definition) is 3. The lowest BCUT2D eigenvalue weighted by Gasteiger charge is -2.24. The van der Waals surface area contributed by atoms with E-state index in [0.717, 1.165) is 47.3 Å². The zero-order valence-electron chi connectivity index (χ0n) is 21.1. The molecule has 1 atom stereocenters. The molecule has 0 saturated carbocycles. The summed E-state index contributed by atoms with van der Waals surface area (Å²) in [5.41, 5.74) is 5.34. The predicted octanol–water partition coefficient (Wildman–Crippen LogP) is 6.62. The van der Waals surface area contributed by atoms with E-state index in [4.69, 9.17) is 9.47 Å². The summed E-state index contributed by atoms with van der Waals surface area (Å²) in [5.74, 6) is 5.02. The van der Waals surface area contributed by atoms with Gasteiger partial charge in [-0.1, -0.05) is 50.1 Å². The zero-order valence-corrected chi connectivity index (χ0v) is 21.1. The number of hydrogen-bond donors (Lipinski definition) is 1. The Labute approximate surface area is 208 Å². The molecule has 1 aliphatic heterocycles. The minimum absolute atomic E-state index is 0.0888. The van der Waals surface area contributed by atoms with Gasteiger partial charge >= 0.3 is 0 Å². The predicted molar refractivity (Wildman–Crippen MR) is 139 cm³/mol. The highest BCUT2D eigenvalue weighted by atomic mass is 19.1. The number of halogens is 2. The third-order valence-electron chi connectivity index (χ3n) is 6.04. The maximum Gasteiger partial charge on any atom is 0.135 e. The van der Waals surface area contributed by atoms with Crippen LogP contribution in [0.25, 0.3) is 16.7 Å². The number of ether oxygens (including phenoxy) is 2. The fraction of sp³-hybridized carbons (Fsp3) is 0.400. The van der Waals surface area contributed by atoms with Gasteiger partial charge in [0.2, 0.25) is 0 Å². The van der Waals surface area contributed by atoms with Crippen LogP contribution in [0.15, 0.2) is 53.9 Å². The third kappa shape index (κ3) is 6.89. The van der Waals surface area contributed by atoms with Crippen LogP contribution in [0.1, 0.15) is 50.3 Å². The molecule has 1 fully saturated rings. The Balaban J connectivity index is 0.00000167. The molecule has 35 heavy (non-hydrogen) atoms. The minimum atomic E-state index is -0.316. The summed E-state index contributed by atoms with van der Waals surface area (Å²) in [6, 6.07) is 11.2. The van der Waals surface area contributed by atoms with E-state index in [0.29, 0.717) is 37.2 Å². The molecule has 0 amide bonds. The number of nitrogens with one attached hydrogen (secondary N) is 1. The molecule has 2 aromatic carbocycles. The number of benzene rings is 2. The van der Waals surface area contributed by atoms with Crippen LogP contribution in [0, 0.1) is 17.7 Å². The van der Waals surface area contributed by atoms with E-state index in [-0.39, 0.29) is 17.7 Å². The number of rotatable bonds is 6. The first-order chi connectivity index (χ1) is 17.1. The van der Waals surface area contributed by atoms with Crippen molar-refractivity contribution in [3.05, 3.63) is 76.4 Å². The fourth-order valence-corrected chi connectivity index (χ4v) is 4.44. The summed E-state index contributed by atoms with van der Waals surface area (Å²) in [4.78, 5) is 0. The van der Waals surface area contributed by atoms with Gasteiger partial charge < -0.3 is 14.8 Å². The average molecular weight is 480 g/mol. The second-order valence-electron chi connectivity index (χ2n) is 8.40. The zero-order chi connectivity index (χ0) is 25.2. The average Bonchev–Trinajstić information content (AvgIpc) is 2.88. The molecular formula is C30H35F2NO2. The lowest BCUT2D eigenvalue weighted by molar-refractivity contribution is 0.0292. The van der Waals surface area contributed by atoms with Crippen molar-refractivity contribution in [2.24, 2.45) is 0 Å². The molecule has 0 bridgehead atoms. The molecular weight excluding hydrogens is 444 g/mol. The number of allylic oxidation sites excluding steroid dienone is 4. The molecule has 2 aromatic rings. The maximum absolute atomic E-state index is 15.1. The maximum atomic E-state index is 15.1. The quantitative estimate of drug-likeness (QED) is 0.472. The lowest BCUT2D eigenvalue weighted by Crippen LogP contribution is -2.39. The Kier molecular flexibility index (Phi) is 10.2. The van der Waals surface area contributed by atoms with Gasteiger partial charge in [-0.25, -0.2) is 8.78 Å². The summed E-state index contributed by atoms with van der Waals surface area (Å²) < 4.78 is 40.9. The Morgan fingerprint density at radius 2 is 1.80 bits per heavy atom. The first-order valence-corrected chi connectivity index (χ1v) is 12.3. The topological polar surface area (TPSA) is 30.5 Å². The van der Waals surface area contributed by atoms with Crippen molar-refractivity contribution in [1.82, 2.24) is 5.32 Å². The van der Waals surface area contributed by atoms with E-state index in [1.807, 2.05) is 32.0 Å². The molecule has 1 aliphatic carbocycles. The van der Waals surface area contributed by atoms with Gasteiger partial charge in [-0.15, -0.1) is 5.92 Å². The summed E-state index contributed by atoms with van der Waals surface area (Å²) >= 11 is 0. The van der Waals surface area contributed by atoms with Gasteiger partial charge in [0, 0.05) is 31.3 Å². The fourth-order valence-electron chi connectivity index (χ4n) is 4.44. The molecule has 1 unspecified atom stereocenters. The summed E-state index contributed by atoms with van der Waals surface area (Å²) in [6.45, 7) is 8.41. The highest BCUT2D eigenvalue weighted by molar-refractivity contribution is 5.84. The van der Waals surface area contributed by atoms with Crippen LogP contribution in [0.2, 0.25) is 0 Å². The summed E-state index contributed by atoms with van der Waals surface area (Å²) in [7, 11) is 1.59. The first-order valence-electron chi connectivity index (χ1n) is 12.3. The normalized spacial score (nSPS) is 17.7. The highest BCUT2D eigenvalue weighted by Gasteiger charge is 2.20. The molecule has 1 saturated heterocycles. The van der Waals surface area contributed by atoms with E-state index < -0.39 is 0 Å². The van der Waals surface area contributed by atoms with Crippen molar-refractivity contribution in [1.29, 1.82) is 0 Å². The molecule has 0 radical (unpaired) electrons. The van der Waals surface area contributed by atoms with Gasteiger partial charge in [-0.2, -0.15) is 0 Å². The van der Waals surface area contributed by atoms with Gasteiger partial charge in [0.1, 0.15) is 11.6 Å². The summed E-state index contributed by atoms with van der Waals surface area (Å²) in [6.07, 6.45) is 3.58. The van der Waals surface area contributed by atoms with Crippen molar-refractivity contribution in [2.75, 3.05) is 26.8 Å². The van der Waals surface area contributed by atoms with Gasteiger partial charge in [-0.3, -0.25) is 0 Å².